The first-order valence-electron chi connectivity index (χ1n) is 5.67. The van der Waals surface area contributed by atoms with E-state index < -0.39 is 24.0 Å². The molecule has 0 aliphatic heterocycles. The molecule has 0 bridgehead atoms. The fourth-order valence-electron chi connectivity index (χ4n) is 2.03. The molecule has 0 amide bonds. The number of benzene rings is 1. The molecular weight excluding hydrogens is 286 g/mol. The summed E-state index contributed by atoms with van der Waals surface area (Å²) < 4.78 is 53.5. The van der Waals surface area contributed by atoms with Crippen molar-refractivity contribution in [2.75, 3.05) is 0 Å². The average Bonchev–Trinajstić information content (AvgIpc) is 2.16. The SMILES string of the molecule is Cl.N[C@H](c1cc(OC(F)(F)F)ccc1F)C1CCC1. The molecule has 1 aromatic rings. The molecule has 1 atom stereocenters. The maximum absolute atomic E-state index is 13.6. The van der Waals surface area contributed by atoms with Crippen molar-refractivity contribution in [3.8, 4) is 5.75 Å². The lowest BCUT2D eigenvalue weighted by molar-refractivity contribution is -0.274. The van der Waals surface area contributed by atoms with Crippen LogP contribution >= 0.6 is 12.4 Å². The van der Waals surface area contributed by atoms with Gasteiger partial charge in [-0.15, -0.1) is 25.6 Å². The molecular formula is C12H14ClF4NO. The highest BCUT2D eigenvalue weighted by atomic mass is 35.5. The van der Waals surface area contributed by atoms with Gasteiger partial charge in [-0.3, -0.25) is 0 Å². The van der Waals surface area contributed by atoms with Gasteiger partial charge in [-0.1, -0.05) is 6.42 Å². The van der Waals surface area contributed by atoms with Gasteiger partial charge in [0.2, 0.25) is 0 Å². The van der Waals surface area contributed by atoms with Crippen molar-refractivity contribution in [3.63, 3.8) is 0 Å². The lowest BCUT2D eigenvalue weighted by Crippen LogP contribution is -2.27. The van der Waals surface area contributed by atoms with Gasteiger partial charge in [-0.2, -0.15) is 0 Å². The number of hydrogen-bond acceptors (Lipinski definition) is 2. The highest BCUT2D eigenvalue weighted by Crippen LogP contribution is 2.38. The fraction of sp³-hybridized carbons (Fsp3) is 0.500. The highest BCUT2D eigenvalue weighted by Gasteiger charge is 2.32. The van der Waals surface area contributed by atoms with Crippen LogP contribution in [0, 0.1) is 11.7 Å². The Kier molecular flexibility index (Phi) is 5.04. The van der Waals surface area contributed by atoms with Gasteiger partial charge in [0.1, 0.15) is 11.6 Å². The maximum atomic E-state index is 13.6. The lowest BCUT2D eigenvalue weighted by Gasteiger charge is -2.31. The Hall–Kier alpha value is -1.01. The van der Waals surface area contributed by atoms with Crippen molar-refractivity contribution >= 4 is 12.4 Å². The van der Waals surface area contributed by atoms with Crippen LogP contribution in [0.2, 0.25) is 0 Å². The quantitative estimate of drug-likeness (QED) is 0.858. The van der Waals surface area contributed by atoms with E-state index in [1.807, 2.05) is 0 Å². The fourth-order valence-corrected chi connectivity index (χ4v) is 2.03. The van der Waals surface area contributed by atoms with Crippen molar-refractivity contribution < 1.29 is 22.3 Å². The van der Waals surface area contributed by atoms with E-state index >= 15 is 0 Å². The standard InChI is InChI=1S/C12H13F4NO.ClH/c13-10-5-4-8(18-12(14,15)16)6-9(10)11(17)7-2-1-3-7;/h4-7,11H,1-3,17H2;1H/t11-;/m0./s1. The van der Waals surface area contributed by atoms with Crippen LogP contribution in [0.1, 0.15) is 30.9 Å². The first-order chi connectivity index (χ1) is 8.37. The zero-order chi connectivity index (χ0) is 13.3. The zero-order valence-corrected chi connectivity index (χ0v) is 10.7. The predicted molar refractivity (Wildman–Crippen MR) is 64.6 cm³/mol. The molecule has 1 aliphatic rings. The average molecular weight is 300 g/mol. The van der Waals surface area contributed by atoms with Crippen LogP contribution in [0.5, 0.6) is 5.75 Å². The van der Waals surface area contributed by atoms with Gasteiger partial charge >= 0.3 is 6.36 Å². The van der Waals surface area contributed by atoms with E-state index in [4.69, 9.17) is 5.73 Å². The molecule has 0 saturated heterocycles. The second-order valence-corrected chi connectivity index (χ2v) is 4.45. The molecule has 19 heavy (non-hydrogen) atoms. The van der Waals surface area contributed by atoms with E-state index in [-0.39, 0.29) is 23.9 Å². The van der Waals surface area contributed by atoms with Gasteiger partial charge in [0.15, 0.2) is 0 Å². The number of ether oxygens (including phenoxy) is 1. The van der Waals surface area contributed by atoms with Crippen LogP contribution in [-0.2, 0) is 0 Å². The van der Waals surface area contributed by atoms with Crippen LogP contribution in [0.3, 0.4) is 0 Å². The molecule has 108 valence electrons. The Morgan fingerprint density at radius 2 is 1.89 bits per heavy atom. The Bertz CT molecular complexity index is 434. The van der Waals surface area contributed by atoms with Crippen LogP contribution in [0.25, 0.3) is 0 Å². The van der Waals surface area contributed by atoms with Crippen molar-refractivity contribution in [1.29, 1.82) is 0 Å². The van der Waals surface area contributed by atoms with Crippen LogP contribution in [0.4, 0.5) is 17.6 Å². The Balaban J connectivity index is 0.00000180. The number of rotatable bonds is 3. The van der Waals surface area contributed by atoms with E-state index in [1.54, 1.807) is 0 Å². The van der Waals surface area contributed by atoms with Crippen LogP contribution in [-0.4, -0.2) is 6.36 Å². The highest BCUT2D eigenvalue weighted by molar-refractivity contribution is 5.85. The molecule has 0 aromatic heterocycles. The maximum Gasteiger partial charge on any atom is 0.573 e. The second kappa shape index (κ2) is 5.96. The molecule has 0 radical (unpaired) electrons. The van der Waals surface area contributed by atoms with Gasteiger partial charge in [-0.05, 0) is 37.0 Å². The van der Waals surface area contributed by atoms with E-state index in [0.29, 0.717) is 0 Å². The van der Waals surface area contributed by atoms with E-state index in [1.165, 1.54) is 0 Å². The van der Waals surface area contributed by atoms with Crippen LogP contribution in [0.15, 0.2) is 18.2 Å². The Morgan fingerprint density at radius 3 is 2.37 bits per heavy atom. The van der Waals surface area contributed by atoms with Gasteiger partial charge in [0.05, 0.1) is 0 Å². The smallest absolute Gasteiger partial charge is 0.406 e. The topological polar surface area (TPSA) is 35.2 Å². The van der Waals surface area contributed by atoms with Gasteiger partial charge in [0, 0.05) is 11.6 Å². The summed E-state index contributed by atoms with van der Waals surface area (Å²) in [7, 11) is 0. The first-order valence-corrected chi connectivity index (χ1v) is 5.67. The number of alkyl halides is 3. The molecule has 2 nitrogen and oxygen atoms in total. The van der Waals surface area contributed by atoms with Crippen molar-refractivity contribution in [2.24, 2.45) is 11.7 Å². The predicted octanol–water partition coefficient (Wildman–Crippen LogP) is 3.95. The van der Waals surface area contributed by atoms with Crippen molar-refractivity contribution in [3.05, 3.63) is 29.6 Å². The molecule has 0 heterocycles. The molecule has 0 unspecified atom stereocenters. The molecule has 1 fully saturated rings. The monoisotopic (exact) mass is 299 g/mol. The molecule has 1 aromatic carbocycles. The molecule has 1 saturated carbocycles. The third-order valence-electron chi connectivity index (χ3n) is 3.22. The number of hydrogen-bond donors (Lipinski definition) is 1. The summed E-state index contributed by atoms with van der Waals surface area (Å²) in [5.74, 6) is -0.891. The Morgan fingerprint density at radius 1 is 1.26 bits per heavy atom. The second-order valence-electron chi connectivity index (χ2n) is 4.45. The molecule has 1 aliphatic carbocycles. The van der Waals surface area contributed by atoms with E-state index in [2.05, 4.69) is 4.74 Å². The summed E-state index contributed by atoms with van der Waals surface area (Å²) >= 11 is 0. The Labute approximate surface area is 114 Å². The molecule has 0 spiro atoms. The number of halogens is 5. The normalized spacial score (nSPS) is 17.3. The van der Waals surface area contributed by atoms with Gasteiger partial charge < -0.3 is 10.5 Å². The molecule has 2 N–H and O–H groups in total. The van der Waals surface area contributed by atoms with Gasteiger partial charge in [0.25, 0.3) is 0 Å². The molecule has 2 rings (SSSR count). The first kappa shape index (κ1) is 16.0. The van der Waals surface area contributed by atoms with E-state index in [0.717, 1.165) is 37.5 Å². The summed E-state index contributed by atoms with van der Waals surface area (Å²) in [4.78, 5) is 0. The third kappa shape index (κ3) is 3.98. The van der Waals surface area contributed by atoms with E-state index in [9.17, 15) is 17.6 Å². The third-order valence-corrected chi connectivity index (χ3v) is 3.22. The summed E-state index contributed by atoms with van der Waals surface area (Å²) in [5, 5.41) is 0. The summed E-state index contributed by atoms with van der Waals surface area (Å²) in [6.07, 6.45) is -2.00. The van der Waals surface area contributed by atoms with Gasteiger partial charge in [-0.25, -0.2) is 4.39 Å². The minimum absolute atomic E-state index is 0. The van der Waals surface area contributed by atoms with Crippen molar-refractivity contribution in [1.82, 2.24) is 0 Å². The largest absolute Gasteiger partial charge is 0.573 e. The minimum atomic E-state index is -4.78. The summed E-state index contributed by atoms with van der Waals surface area (Å²) in [6.45, 7) is 0. The molecule has 7 heteroatoms. The van der Waals surface area contributed by atoms with Crippen LogP contribution < -0.4 is 10.5 Å². The lowest BCUT2D eigenvalue weighted by atomic mass is 9.77. The zero-order valence-electron chi connectivity index (χ0n) is 9.91. The number of nitrogens with two attached hydrogens (primary N) is 1. The summed E-state index contributed by atoms with van der Waals surface area (Å²) in [5.41, 5.74) is 5.94. The minimum Gasteiger partial charge on any atom is -0.406 e. The van der Waals surface area contributed by atoms with Crippen molar-refractivity contribution in [2.45, 2.75) is 31.7 Å². The summed E-state index contributed by atoms with van der Waals surface area (Å²) in [6, 6.07) is 2.36.